The number of rotatable bonds is 2. The van der Waals surface area contributed by atoms with Crippen LogP contribution in [-0.2, 0) is 19.7 Å². The number of fused-ring (bicyclic) bond motifs is 1. The highest BCUT2D eigenvalue weighted by atomic mass is 16.5. The molecule has 1 aromatic carbocycles. The number of amides is 1. The summed E-state index contributed by atoms with van der Waals surface area (Å²) in [5.74, 6) is 1.93. The monoisotopic (exact) mass is 421 g/mol. The van der Waals surface area contributed by atoms with E-state index in [1.54, 1.807) is 0 Å². The molecule has 1 aliphatic carbocycles. The first-order chi connectivity index (χ1) is 14.9. The average molecular weight is 422 g/mol. The molecule has 164 valence electrons. The van der Waals surface area contributed by atoms with Crippen LogP contribution in [0.4, 0.5) is 5.69 Å². The number of carbonyl (C=O) groups excluding carboxylic acids is 2. The number of dihydropyridines is 1. The van der Waals surface area contributed by atoms with E-state index in [2.05, 4.69) is 28.4 Å². The molecule has 3 aliphatic heterocycles. The smallest absolute Gasteiger partial charge is 0.251 e. The molecule has 1 fully saturated rings. The molecule has 0 spiro atoms. The minimum Gasteiger partial charge on any atom is -0.488 e. The van der Waals surface area contributed by atoms with Gasteiger partial charge in [0.2, 0.25) is 0 Å². The fraction of sp³-hybridized carbons (Fsp3) is 0.520. The SMILES string of the molecule is CC1C(=O)C(C)(C)c2ccc(N3CCOC4=C3NCC(C(=O)N3CCCCC3)=C4)cc21. The van der Waals surface area contributed by atoms with Crippen molar-refractivity contribution in [3.8, 4) is 0 Å². The Balaban J connectivity index is 1.44. The molecule has 0 aromatic heterocycles. The fourth-order valence-corrected chi connectivity index (χ4v) is 5.40. The van der Waals surface area contributed by atoms with Gasteiger partial charge in [0.15, 0.2) is 5.76 Å². The molecule has 1 amide bonds. The Morgan fingerprint density at radius 2 is 1.94 bits per heavy atom. The van der Waals surface area contributed by atoms with E-state index < -0.39 is 5.41 Å². The lowest BCUT2D eigenvalue weighted by atomic mass is 9.85. The molecule has 1 atom stereocenters. The molecule has 3 heterocycles. The first-order valence-corrected chi connectivity index (χ1v) is 11.4. The van der Waals surface area contributed by atoms with Crippen LogP contribution >= 0.6 is 0 Å². The Kier molecular flexibility index (Phi) is 4.83. The van der Waals surface area contributed by atoms with Crippen LogP contribution in [0.15, 0.2) is 41.4 Å². The van der Waals surface area contributed by atoms with Crippen molar-refractivity contribution in [3.05, 3.63) is 52.6 Å². The van der Waals surface area contributed by atoms with Crippen LogP contribution in [0.3, 0.4) is 0 Å². The maximum absolute atomic E-state index is 12.9. The summed E-state index contributed by atoms with van der Waals surface area (Å²) >= 11 is 0. The van der Waals surface area contributed by atoms with Crippen LogP contribution in [0.5, 0.6) is 0 Å². The molecule has 0 radical (unpaired) electrons. The molecule has 5 rings (SSSR count). The topological polar surface area (TPSA) is 61.9 Å². The van der Waals surface area contributed by atoms with E-state index in [-0.39, 0.29) is 17.6 Å². The largest absolute Gasteiger partial charge is 0.488 e. The number of ether oxygens (including phenoxy) is 1. The van der Waals surface area contributed by atoms with Gasteiger partial charge in [-0.15, -0.1) is 0 Å². The summed E-state index contributed by atoms with van der Waals surface area (Å²) in [5.41, 5.74) is 3.63. The quantitative estimate of drug-likeness (QED) is 0.795. The molecular weight excluding hydrogens is 390 g/mol. The summed E-state index contributed by atoms with van der Waals surface area (Å²) < 4.78 is 5.94. The highest BCUT2D eigenvalue weighted by molar-refractivity contribution is 6.00. The molecule has 6 heteroatoms. The van der Waals surface area contributed by atoms with E-state index in [0.29, 0.717) is 13.2 Å². The van der Waals surface area contributed by atoms with Crippen LogP contribution in [0.25, 0.3) is 0 Å². The number of anilines is 1. The summed E-state index contributed by atoms with van der Waals surface area (Å²) in [6.45, 7) is 9.50. The number of likely N-dealkylation sites (tertiary alicyclic amines) is 1. The van der Waals surface area contributed by atoms with Crippen molar-refractivity contribution in [2.24, 2.45) is 0 Å². The zero-order valence-corrected chi connectivity index (χ0v) is 18.7. The summed E-state index contributed by atoms with van der Waals surface area (Å²) in [6.07, 6.45) is 5.29. The molecule has 6 nitrogen and oxygen atoms in total. The standard InChI is InChI=1S/C25H31N3O3/c1-16-19-14-18(7-8-20(19)25(2,3)22(16)29)28-11-12-31-21-13-17(15-26-23(21)28)24(30)27-9-5-4-6-10-27/h7-8,13-14,16,26H,4-6,9-12,15H2,1-3H3. The van der Waals surface area contributed by atoms with E-state index in [1.807, 2.05) is 31.7 Å². The maximum atomic E-state index is 12.9. The molecule has 1 saturated heterocycles. The molecule has 1 unspecified atom stereocenters. The summed E-state index contributed by atoms with van der Waals surface area (Å²) in [6, 6.07) is 6.36. The Bertz CT molecular complexity index is 1000. The minimum atomic E-state index is -0.432. The lowest BCUT2D eigenvalue weighted by molar-refractivity contribution is -0.128. The second kappa shape index (κ2) is 7.43. The highest BCUT2D eigenvalue weighted by Crippen LogP contribution is 2.44. The Hall–Kier alpha value is -2.76. The molecule has 1 aromatic rings. The van der Waals surface area contributed by atoms with E-state index in [4.69, 9.17) is 4.74 Å². The number of ketones is 1. The van der Waals surface area contributed by atoms with Crippen LogP contribution in [0.1, 0.15) is 57.1 Å². The molecule has 1 N–H and O–H groups in total. The lowest BCUT2D eigenvalue weighted by Gasteiger charge is -2.37. The highest BCUT2D eigenvalue weighted by Gasteiger charge is 2.43. The third-order valence-electron chi connectivity index (χ3n) is 7.24. The van der Waals surface area contributed by atoms with Crippen molar-refractivity contribution < 1.29 is 14.3 Å². The van der Waals surface area contributed by atoms with Gasteiger partial charge in [-0.25, -0.2) is 0 Å². The predicted octanol–water partition coefficient (Wildman–Crippen LogP) is 3.20. The zero-order valence-electron chi connectivity index (χ0n) is 18.7. The number of nitrogens with zero attached hydrogens (tertiary/aromatic N) is 2. The predicted molar refractivity (Wildman–Crippen MR) is 120 cm³/mol. The van der Waals surface area contributed by atoms with Gasteiger partial charge < -0.3 is 19.9 Å². The third kappa shape index (κ3) is 3.24. The van der Waals surface area contributed by atoms with E-state index in [9.17, 15) is 9.59 Å². The number of allylic oxidation sites excluding steroid dienone is 1. The fourth-order valence-electron chi connectivity index (χ4n) is 5.40. The minimum absolute atomic E-state index is 0.0904. The summed E-state index contributed by atoms with van der Waals surface area (Å²) in [5, 5.41) is 3.44. The molecule has 4 aliphatic rings. The van der Waals surface area contributed by atoms with Gasteiger partial charge in [0.25, 0.3) is 5.91 Å². The van der Waals surface area contributed by atoms with Crippen LogP contribution in [0.2, 0.25) is 0 Å². The van der Waals surface area contributed by atoms with Gasteiger partial charge in [0.1, 0.15) is 18.2 Å². The van der Waals surface area contributed by atoms with E-state index in [1.165, 1.54) is 6.42 Å². The first-order valence-electron chi connectivity index (χ1n) is 11.4. The summed E-state index contributed by atoms with van der Waals surface area (Å²) in [4.78, 5) is 29.8. The van der Waals surface area contributed by atoms with Gasteiger partial charge >= 0.3 is 0 Å². The second-order valence-electron chi connectivity index (χ2n) is 9.57. The maximum Gasteiger partial charge on any atom is 0.251 e. The molecule has 0 saturated carbocycles. The first kappa shape index (κ1) is 20.2. The van der Waals surface area contributed by atoms with Gasteiger partial charge in [0, 0.05) is 42.2 Å². The second-order valence-corrected chi connectivity index (χ2v) is 9.57. The number of Topliss-reactive ketones (excluding diaryl/α,β-unsaturated/α-hetero) is 1. The molecule has 0 bridgehead atoms. The van der Waals surface area contributed by atoms with Crippen molar-refractivity contribution in [3.63, 3.8) is 0 Å². The number of carbonyl (C=O) groups is 2. The average Bonchev–Trinajstić information content (AvgIpc) is 2.98. The van der Waals surface area contributed by atoms with Crippen LogP contribution in [-0.4, -0.2) is 49.4 Å². The van der Waals surface area contributed by atoms with Gasteiger partial charge in [0.05, 0.1) is 6.54 Å². The zero-order chi connectivity index (χ0) is 21.8. The van der Waals surface area contributed by atoms with Crippen molar-refractivity contribution in [1.29, 1.82) is 0 Å². The van der Waals surface area contributed by atoms with Gasteiger partial charge in [-0.2, -0.15) is 0 Å². The summed E-state index contributed by atoms with van der Waals surface area (Å²) in [7, 11) is 0. The van der Waals surface area contributed by atoms with Crippen molar-refractivity contribution >= 4 is 17.4 Å². The number of piperidine rings is 1. The van der Waals surface area contributed by atoms with Gasteiger partial charge in [-0.1, -0.05) is 13.0 Å². The number of benzene rings is 1. The van der Waals surface area contributed by atoms with Gasteiger partial charge in [-0.05, 0) is 62.4 Å². The van der Waals surface area contributed by atoms with Crippen LogP contribution in [0, 0.1) is 0 Å². The van der Waals surface area contributed by atoms with Gasteiger partial charge in [-0.3, -0.25) is 9.59 Å². The molecular formula is C25H31N3O3. The molecule has 31 heavy (non-hydrogen) atoms. The number of hydrogen-bond acceptors (Lipinski definition) is 5. The van der Waals surface area contributed by atoms with Crippen molar-refractivity contribution in [2.75, 3.05) is 37.7 Å². The van der Waals surface area contributed by atoms with Crippen LogP contribution < -0.4 is 10.2 Å². The Morgan fingerprint density at radius 3 is 2.71 bits per heavy atom. The number of nitrogens with one attached hydrogen (secondary N) is 1. The third-order valence-corrected chi connectivity index (χ3v) is 7.24. The normalized spacial score (nSPS) is 24.8. The lowest BCUT2D eigenvalue weighted by Crippen LogP contribution is -2.44. The van der Waals surface area contributed by atoms with E-state index >= 15 is 0 Å². The van der Waals surface area contributed by atoms with E-state index in [0.717, 1.165) is 66.4 Å². The van der Waals surface area contributed by atoms with Crippen molar-refractivity contribution in [1.82, 2.24) is 10.2 Å². The number of hydrogen-bond donors (Lipinski definition) is 1. The Labute approximate surface area is 183 Å². The Morgan fingerprint density at radius 1 is 1.16 bits per heavy atom. The van der Waals surface area contributed by atoms with Crippen molar-refractivity contribution in [2.45, 2.75) is 51.4 Å².